The third-order valence-electron chi connectivity index (χ3n) is 5.73. The van der Waals surface area contributed by atoms with E-state index in [0.29, 0.717) is 5.57 Å². The average molecular weight is 370 g/mol. The number of halogens is 3. The zero-order chi connectivity index (χ0) is 19.5. The van der Waals surface area contributed by atoms with Crippen LogP contribution in [0.15, 0.2) is 35.9 Å². The molecule has 1 aromatic rings. The van der Waals surface area contributed by atoms with Crippen molar-refractivity contribution in [2.24, 2.45) is 5.41 Å². The molecule has 144 valence electrons. The lowest BCUT2D eigenvalue weighted by molar-refractivity contribution is -0.195. The van der Waals surface area contributed by atoms with Crippen molar-refractivity contribution in [3.05, 3.63) is 47.0 Å². The molecule has 0 amide bonds. The summed E-state index contributed by atoms with van der Waals surface area (Å²) in [5.74, 6) is -1.02. The summed E-state index contributed by atoms with van der Waals surface area (Å²) in [7, 11) is 0. The van der Waals surface area contributed by atoms with Gasteiger partial charge in [-0.05, 0) is 38.5 Å². The third-order valence-corrected chi connectivity index (χ3v) is 5.73. The van der Waals surface area contributed by atoms with E-state index >= 15 is 0 Å². The lowest BCUT2D eigenvalue weighted by atomic mass is 9.60. The van der Waals surface area contributed by atoms with Crippen molar-refractivity contribution in [2.75, 3.05) is 0 Å². The molecule has 0 radical (unpaired) electrons. The van der Waals surface area contributed by atoms with Crippen molar-refractivity contribution < 1.29 is 27.8 Å². The van der Waals surface area contributed by atoms with Gasteiger partial charge >= 0.3 is 6.18 Å². The molecular weight excluding hydrogens is 345 g/mol. The van der Waals surface area contributed by atoms with E-state index in [9.17, 15) is 18.3 Å². The van der Waals surface area contributed by atoms with Gasteiger partial charge < -0.3 is 14.6 Å². The Labute approximate surface area is 151 Å². The fourth-order valence-electron chi connectivity index (χ4n) is 4.39. The first-order valence-corrected chi connectivity index (χ1v) is 8.77. The van der Waals surface area contributed by atoms with Crippen LogP contribution in [0.4, 0.5) is 13.2 Å². The standard InChI is InChI=1S/C20H25F3O3/c1-12-10-18(25-13(2)14(3)26-18)11-17(4,5)19(12,24)15-8-6-7-9-16(15)20(21,22)23/h6-10,13-14,24H,11H2,1-5H3. The van der Waals surface area contributed by atoms with Gasteiger partial charge in [0.25, 0.3) is 0 Å². The summed E-state index contributed by atoms with van der Waals surface area (Å²) in [5, 5.41) is 11.6. The number of ether oxygens (including phenoxy) is 2. The van der Waals surface area contributed by atoms with Crippen molar-refractivity contribution in [1.82, 2.24) is 0 Å². The molecule has 3 atom stereocenters. The van der Waals surface area contributed by atoms with E-state index in [2.05, 4.69) is 0 Å². The fourth-order valence-corrected chi connectivity index (χ4v) is 4.39. The molecule has 1 N–H and O–H groups in total. The van der Waals surface area contributed by atoms with Gasteiger partial charge in [0.2, 0.25) is 0 Å². The minimum Gasteiger partial charge on any atom is -0.380 e. The molecule has 6 heteroatoms. The van der Waals surface area contributed by atoms with Crippen LogP contribution in [-0.4, -0.2) is 23.1 Å². The smallest absolute Gasteiger partial charge is 0.380 e. The first-order valence-electron chi connectivity index (χ1n) is 8.77. The van der Waals surface area contributed by atoms with Crippen molar-refractivity contribution in [2.45, 2.75) is 70.8 Å². The molecule has 1 saturated heterocycles. The molecule has 0 bridgehead atoms. The second kappa shape index (κ2) is 5.81. The van der Waals surface area contributed by atoms with Gasteiger partial charge in [0, 0.05) is 17.4 Å². The van der Waals surface area contributed by atoms with Gasteiger partial charge in [-0.15, -0.1) is 0 Å². The van der Waals surface area contributed by atoms with Crippen LogP contribution in [0.1, 0.15) is 52.2 Å². The highest BCUT2D eigenvalue weighted by Crippen LogP contribution is 2.57. The lowest BCUT2D eigenvalue weighted by Gasteiger charge is -2.51. The zero-order valence-corrected chi connectivity index (χ0v) is 15.6. The maximum Gasteiger partial charge on any atom is 0.416 e. The molecule has 1 fully saturated rings. The average Bonchev–Trinajstić information content (AvgIpc) is 2.77. The van der Waals surface area contributed by atoms with E-state index < -0.39 is 28.5 Å². The first-order chi connectivity index (χ1) is 11.8. The Bertz CT molecular complexity index is 728. The van der Waals surface area contributed by atoms with Crippen LogP contribution >= 0.6 is 0 Å². The minimum atomic E-state index is -4.55. The Morgan fingerprint density at radius 3 is 2.12 bits per heavy atom. The van der Waals surface area contributed by atoms with Crippen molar-refractivity contribution in [3.8, 4) is 0 Å². The van der Waals surface area contributed by atoms with E-state index in [1.807, 2.05) is 13.8 Å². The maximum absolute atomic E-state index is 13.6. The van der Waals surface area contributed by atoms with E-state index in [1.165, 1.54) is 18.2 Å². The Balaban J connectivity index is 2.17. The lowest BCUT2D eigenvalue weighted by Crippen LogP contribution is -2.53. The molecule has 1 heterocycles. The van der Waals surface area contributed by atoms with Crippen LogP contribution in [0.3, 0.4) is 0 Å². The van der Waals surface area contributed by atoms with Crippen LogP contribution in [0, 0.1) is 5.41 Å². The molecule has 2 aliphatic rings. The number of rotatable bonds is 1. The molecule has 1 aromatic carbocycles. The molecule has 1 aliphatic carbocycles. The summed E-state index contributed by atoms with van der Waals surface area (Å²) in [4.78, 5) is 0. The number of benzene rings is 1. The second-order valence-corrected chi connectivity index (χ2v) is 8.10. The Kier molecular flexibility index (Phi) is 4.34. The zero-order valence-electron chi connectivity index (χ0n) is 15.6. The molecule has 3 nitrogen and oxygen atoms in total. The van der Waals surface area contributed by atoms with Crippen molar-refractivity contribution >= 4 is 0 Å². The Morgan fingerprint density at radius 1 is 1.08 bits per heavy atom. The van der Waals surface area contributed by atoms with E-state index in [-0.39, 0.29) is 24.2 Å². The summed E-state index contributed by atoms with van der Waals surface area (Å²) < 4.78 is 52.7. The van der Waals surface area contributed by atoms with Crippen molar-refractivity contribution in [1.29, 1.82) is 0 Å². The molecule has 26 heavy (non-hydrogen) atoms. The highest BCUT2D eigenvalue weighted by Gasteiger charge is 2.59. The van der Waals surface area contributed by atoms with Gasteiger partial charge in [0.05, 0.1) is 17.8 Å². The van der Waals surface area contributed by atoms with E-state index in [1.54, 1.807) is 26.8 Å². The predicted octanol–water partition coefficient (Wildman–Crippen LogP) is 4.79. The number of alkyl halides is 3. The van der Waals surface area contributed by atoms with Gasteiger partial charge in [0.1, 0.15) is 5.60 Å². The Hall–Kier alpha value is -1.37. The Morgan fingerprint density at radius 2 is 1.62 bits per heavy atom. The summed E-state index contributed by atoms with van der Waals surface area (Å²) in [6.07, 6.45) is -2.94. The quantitative estimate of drug-likeness (QED) is 0.723. The van der Waals surface area contributed by atoms with Crippen LogP contribution < -0.4 is 0 Å². The highest BCUT2D eigenvalue weighted by atomic mass is 19.4. The SMILES string of the molecule is CC1=CC2(CC(C)(C)C1(O)c1ccccc1C(F)(F)F)OC(C)C(C)O2. The van der Waals surface area contributed by atoms with E-state index in [0.717, 1.165) is 6.07 Å². The van der Waals surface area contributed by atoms with Crippen LogP contribution in [0.2, 0.25) is 0 Å². The molecular formula is C20H25F3O3. The second-order valence-electron chi connectivity index (χ2n) is 8.10. The van der Waals surface area contributed by atoms with Gasteiger partial charge in [-0.3, -0.25) is 0 Å². The molecule has 1 aliphatic heterocycles. The largest absolute Gasteiger partial charge is 0.416 e. The molecule has 3 rings (SSSR count). The summed E-state index contributed by atoms with van der Waals surface area (Å²) in [6, 6.07) is 5.21. The van der Waals surface area contributed by atoms with Gasteiger partial charge in [-0.1, -0.05) is 32.0 Å². The molecule has 0 saturated carbocycles. The number of hydrogen-bond donors (Lipinski definition) is 1. The van der Waals surface area contributed by atoms with E-state index in [4.69, 9.17) is 9.47 Å². The fraction of sp³-hybridized carbons (Fsp3) is 0.600. The molecule has 0 aromatic heterocycles. The summed E-state index contributed by atoms with van der Waals surface area (Å²) >= 11 is 0. The monoisotopic (exact) mass is 370 g/mol. The van der Waals surface area contributed by atoms with Gasteiger partial charge in [-0.25, -0.2) is 0 Å². The summed E-state index contributed by atoms with van der Waals surface area (Å²) in [6.45, 7) is 8.93. The first kappa shape index (κ1) is 19.4. The predicted molar refractivity (Wildman–Crippen MR) is 91.3 cm³/mol. The van der Waals surface area contributed by atoms with Gasteiger partial charge in [0.15, 0.2) is 5.79 Å². The maximum atomic E-state index is 13.6. The van der Waals surface area contributed by atoms with Crippen LogP contribution in [0.25, 0.3) is 0 Å². The molecule has 1 spiro atoms. The molecule has 3 unspecified atom stereocenters. The van der Waals surface area contributed by atoms with Crippen LogP contribution in [-0.2, 0) is 21.3 Å². The van der Waals surface area contributed by atoms with Crippen molar-refractivity contribution in [3.63, 3.8) is 0 Å². The normalized spacial score (nSPS) is 37.0. The minimum absolute atomic E-state index is 0.136. The third kappa shape index (κ3) is 2.79. The van der Waals surface area contributed by atoms with Gasteiger partial charge in [-0.2, -0.15) is 13.2 Å². The number of aliphatic hydroxyl groups is 1. The summed E-state index contributed by atoms with van der Waals surface area (Å²) in [5.41, 5.74) is -3.30. The van der Waals surface area contributed by atoms with Crippen LogP contribution in [0.5, 0.6) is 0 Å². The highest BCUT2D eigenvalue weighted by molar-refractivity contribution is 5.44. The number of hydrogen-bond acceptors (Lipinski definition) is 3. The topological polar surface area (TPSA) is 38.7 Å².